The van der Waals surface area contributed by atoms with Gasteiger partial charge in [-0.15, -0.1) is 0 Å². The molecule has 0 spiro atoms. The van der Waals surface area contributed by atoms with Crippen LogP contribution in [-0.4, -0.2) is 290 Å². The highest BCUT2D eigenvalue weighted by molar-refractivity contribution is 6.00. The molecule has 0 aliphatic heterocycles. The van der Waals surface area contributed by atoms with E-state index in [0.29, 0.717) is 0 Å². The number of hydrogen-bond acceptors (Lipinski definition) is 18. The largest absolute Gasteiger partial charge is 0.480 e. The van der Waals surface area contributed by atoms with Gasteiger partial charge in [0, 0.05) is 49.3 Å². The van der Waals surface area contributed by atoms with Gasteiger partial charge in [-0.25, -0.2) is 4.79 Å². The molecule has 15 atom stereocenters. The van der Waals surface area contributed by atoms with Gasteiger partial charge in [0.1, 0.15) is 78.6 Å². The van der Waals surface area contributed by atoms with Crippen LogP contribution in [0.2, 0.25) is 0 Å². The number of nitrogens with one attached hydrogen (secondary N) is 6. The van der Waals surface area contributed by atoms with Crippen molar-refractivity contribution in [1.29, 1.82) is 0 Å². The molecular weight excluding hydrogens is 1370 g/mol. The van der Waals surface area contributed by atoms with Crippen LogP contribution in [0, 0.1) is 41.4 Å². The molecule has 0 aliphatic carbocycles. The van der Waals surface area contributed by atoms with Gasteiger partial charge in [0.05, 0.1) is 24.9 Å². The SMILES string of the molecule is C/C=C/C[C@@H](C)[C@@H](O)[C@@H](C(=O)N[C@H](C(=O)N(C)CC(=O)O)[C@@H](C)O)N(C)C(=O)[C@H](C(C)C)N(C)C(=O)[C@H](CC(C)C)NC(=O)[C@H](CC(C)C)N(C)C(=O)[C@@H](C)NC(=O)[C@H](C)NC(=O)[C@H](CC(C)C)N(C)C(=O)[C@H](CC(C)C)NC(=O)[C@H](CC(C)C)N(C)C(=O)CN(C)C(=O)[C@@H](NC(=O)OC(C)(C)C)[C@@H](C)O. The molecule has 32 heteroatoms. The summed E-state index contributed by atoms with van der Waals surface area (Å²) in [4.78, 5) is 203. The maximum Gasteiger partial charge on any atom is 0.408 e. The molecule has 0 bridgehead atoms. The van der Waals surface area contributed by atoms with E-state index in [-0.39, 0.29) is 68.1 Å². The van der Waals surface area contributed by atoms with Gasteiger partial charge in [0.2, 0.25) is 70.9 Å². The van der Waals surface area contributed by atoms with E-state index >= 15 is 0 Å². The maximum atomic E-state index is 15.0. The Bertz CT molecular complexity index is 2990. The Kier molecular flexibility index (Phi) is 41.6. The van der Waals surface area contributed by atoms with Gasteiger partial charge in [0.25, 0.3) is 0 Å². The van der Waals surface area contributed by atoms with Crippen molar-refractivity contribution < 1.29 is 92.3 Å². The van der Waals surface area contributed by atoms with Gasteiger partial charge in [0.15, 0.2) is 0 Å². The second-order valence-electron chi connectivity index (χ2n) is 31.9. The number of carbonyl (C=O) groups is 14. The molecule has 0 radical (unpaired) electrons. The number of amides is 13. The Morgan fingerprint density at radius 3 is 1.16 bits per heavy atom. The fourth-order valence-corrected chi connectivity index (χ4v) is 12.0. The van der Waals surface area contributed by atoms with Crippen molar-refractivity contribution in [1.82, 2.24) is 66.2 Å². The van der Waals surface area contributed by atoms with Crippen molar-refractivity contribution in [2.45, 2.75) is 274 Å². The number of rotatable bonds is 43. The zero-order chi connectivity index (χ0) is 82.8. The van der Waals surface area contributed by atoms with Crippen molar-refractivity contribution in [3.05, 3.63) is 12.2 Å². The molecule has 0 aliphatic rings. The van der Waals surface area contributed by atoms with Crippen molar-refractivity contribution in [2.75, 3.05) is 62.4 Å². The second kappa shape index (κ2) is 45.0. The van der Waals surface area contributed by atoms with Crippen LogP contribution >= 0.6 is 0 Å². The highest BCUT2D eigenvalue weighted by atomic mass is 16.6. The number of nitrogens with zero attached hydrogens (tertiary/aromatic N) is 7. The minimum Gasteiger partial charge on any atom is -0.480 e. The number of ether oxygens (including phenoxy) is 1. The molecule has 0 aromatic carbocycles. The number of hydrogen-bond donors (Lipinski definition) is 10. The van der Waals surface area contributed by atoms with Crippen molar-refractivity contribution in [3.8, 4) is 0 Å². The molecule has 0 saturated carbocycles. The molecule has 0 saturated heterocycles. The van der Waals surface area contributed by atoms with Crippen LogP contribution in [0.3, 0.4) is 0 Å². The Hall–Kier alpha value is -8.00. The summed E-state index contributed by atoms with van der Waals surface area (Å²) in [6.07, 6.45) is -1.38. The van der Waals surface area contributed by atoms with Crippen LogP contribution in [-0.2, 0) is 67.1 Å². The zero-order valence-corrected chi connectivity index (χ0v) is 68.5. The minimum atomic E-state index is -1.74. The number of aliphatic carboxylic acids is 1. The number of carbonyl (C=O) groups excluding carboxylic acids is 13. The lowest BCUT2D eigenvalue weighted by Gasteiger charge is -2.40. The standard InChI is InChI=1S/C74H133N13O19/c1-29-30-31-45(14)61(93)60(66(98)79-57(48(17)88)70(102)82(23)38-56(91)92)87(28)72(104)59(44(12)13)86(27)69(101)51(33-40(4)5)78-65(97)54(36-43(10)11)84(25)67(99)47(16)76-62(94)46(15)75-63(95)53(35-42(8)9)85(26)68(100)50(32-39(2)3)77-64(96)52(34-41(6)7)83(24)55(90)37-81(22)71(103)58(49(18)89)80-73(105)106-74(19,20)21/h29-30,39-54,57-61,88-89,93H,31-38H2,1-28H3,(H,75,95)(H,76,94)(H,77,96)(H,78,97)(H,79,98)(H,80,105)(H,91,92)/b30-29+/t45-,46+,47-,48-,49-,50+,51+,52+,53+,54+,57+,58+,59+,60+,61-/m1/s1. The number of aliphatic hydroxyl groups is 3. The average molecular weight is 1510 g/mol. The fraction of sp³-hybridized carbons (Fsp3) is 0.784. The molecule has 0 aromatic heterocycles. The number of carboxylic acids is 1. The van der Waals surface area contributed by atoms with Gasteiger partial charge in [-0.3, -0.25) is 62.3 Å². The Labute approximate surface area is 629 Å². The number of carboxylic acid groups (broad SMARTS) is 1. The second-order valence-corrected chi connectivity index (χ2v) is 31.9. The van der Waals surface area contributed by atoms with E-state index in [1.165, 1.54) is 74.9 Å². The molecule has 32 nitrogen and oxygen atoms in total. The first-order valence-electron chi connectivity index (χ1n) is 36.8. The molecule has 106 heavy (non-hydrogen) atoms. The predicted octanol–water partition coefficient (Wildman–Crippen LogP) is 2.09. The predicted molar refractivity (Wildman–Crippen MR) is 400 cm³/mol. The summed E-state index contributed by atoms with van der Waals surface area (Å²) >= 11 is 0. The fourth-order valence-electron chi connectivity index (χ4n) is 12.0. The third-order valence-electron chi connectivity index (χ3n) is 17.9. The molecule has 0 rings (SSSR count). The van der Waals surface area contributed by atoms with E-state index in [2.05, 4.69) is 31.9 Å². The molecule has 0 unspecified atom stereocenters. The first kappa shape index (κ1) is 98.0. The van der Waals surface area contributed by atoms with E-state index in [9.17, 15) is 87.5 Å². The molecule has 0 fully saturated rings. The highest BCUT2D eigenvalue weighted by Gasteiger charge is 2.45. The molecule has 13 amide bonds. The smallest absolute Gasteiger partial charge is 0.408 e. The summed E-state index contributed by atoms with van der Waals surface area (Å²) in [5.74, 6) is -13.2. The van der Waals surface area contributed by atoms with E-state index in [1.54, 1.807) is 74.5 Å². The quantitative estimate of drug-likeness (QED) is 0.0391. The first-order valence-corrected chi connectivity index (χ1v) is 36.8. The topological polar surface area (TPSA) is 424 Å². The van der Waals surface area contributed by atoms with Crippen molar-refractivity contribution in [2.24, 2.45) is 41.4 Å². The Balaban J connectivity index is 6.99. The van der Waals surface area contributed by atoms with Crippen LogP contribution in [0.5, 0.6) is 0 Å². The zero-order valence-electron chi connectivity index (χ0n) is 68.5. The van der Waals surface area contributed by atoms with Gasteiger partial charge in [-0.1, -0.05) is 102 Å². The lowest BCUT2D eigenvalue weighted by Crippen LogP contribution is -2.64. The van der Waals surface area contributed by atoms with Crippen LogP contribution in [0.15, 0.2) is 12.2 Å². The van der Waals surface area contributed by atoms with Crippen LogP contribution < -0.4 is 31.9 Å². The molecule has 10 N–H and O–H groups in total. The molecule has 608 valence electrons. The van der Waals surface area contributed by atoms with Crippen LogP contribution in [0.25, 0.3) is 0 Å². The summed E-state index contributed by atoms with van der Waals surface area (Å²) in [5.41, 5.74) is -0.917. The normalized spacial score (nSPS) is 16.1. The van der Waals surface area contributed by atoms with Crippen molar-refractivity contribution in [3.63, 3.8) is 0 Å². The first-order chi connectivity index (χ1) is 48.6. The number of aliphatic hydroxyl groups excluding tert-OH is 3. The number of alkyl carbamates (subject to hydrolysis) is 1. The summed E-state index contributed by atoms with van der Waals surface area (Å²) in [5, 5.41) is 58.1. The molecule has 0 heterocycles. The lowest BCUT2D eigenvalue weighted by molar-refractivity contribution is -0.155. The Morgan fingerprint density at radius 2 is 0.774 bits per heavy atom. The van der Waals surface area contributed by atoms with Crippen LogP contribution in [0.1, 0.15) is 184 Å². The molecule has 0 aromatic rings. The van der Waals surface area contributed by atoms with E-state index < -0.39 is 198 Å². The van der Waals surface area contributed by atoms with Crippen LogP contribution in [0.4, 0.5) is 4.79 Å². The third kappa shape index (κ3) is 31.8. The van der Waals surface area contributed by atoms with Gasteiger partial charge >= 0.3 is 12.1 Å². The van der Waals surface area contributed by atoms with E-state index in [4.69, 9.17) is 4.74 Å². The van der Waals surface area contributed by atoms with Gasteiger partial charge in [-0.2, -0.15) is 0 Å². The van der Waals surface area contributed by atoms with E-state index in [0.717, 1.165) is 36.4 Å². The average Bonchev–Trinajstić information content (AvgIpc) is 0.790. The van der Waals surface area contributed by atoms with Gasteiger partial charge in [-0.05, 0) is 135 Å². The Morgan fingerprint density at radius 1 is 0.406 bits per heavy atom. The summed E-state index contributed by atoms with van der Waals surface area (Å²) < 4.78 is 5.26. The summed E-state index contributed by atoms with van der Waals surface area (Å²) in [7, 11) is 9.19. The lowest BCUT2D eigenvalue weighted by atomic mass is 9.91. The summed E-state index contributed by atoms with van der Waals surface area (Å²) in [6, 6.07) is -15.1. The minimum absolute atomic E-state index is 0.0418. The maximum absolute atomic E-state index is 15.0. The molecular formula is C74H133N13O19. The van der Waals surface area contributed by atoms with Crippen molar-refractivity contribution >= 4 is 82.9 Å². The third-order valence-corrected chi connectivity index (χ3v) is 17.9. The number of likely N-dealkylation sites (N-methyl/N-ethyl adjacent to an activating group) is 7. The summed E-state index contributed by atoms with van der Waals surface area (Å²) in [6.45, 7) is 33.7. The van der Waals surface area contributed by atoms with Gasteiger partial charge < -0.3 is 91.4 Å². The van der Waals surface area contributed by atoms with E-state index in [1.807, 2.05) is 55.4 Å². The highest BCUT2D eigenvalue weighted by Crippen LogP contribution is 2.25. The monoisotopic (exact) mass is 1510 g/mol. The number of allylic oxidation sites excluding steroid dienone is 2.